The van der Waals surface area contributed by atoms with Gasteiger partial charge in [-0.1, -0.05) is 0 Å². The molecule has 0 aromatic heterocycles. The molecule has 0 radical (unpaired) electrons. The summed E-state index contributed by atoms with van der Waals surface area (Å²) in [7, 11) is 0. The van der Waals surface area contributed by atoms with Gasteiger partial charge in [0, 0.05) is 24.1 Å². The van der Waals surface area contributed by atoms with Gasteiger partial charge in [0.05, 0.1) is 4.92 Å². The highest BCUT2D eigenvalue weighted by atomic mass is 35.5. The number of amides is 1. The first kappa shape index (κ1) is 12.4. The van der Waals surface area contributed by atoms with E-state index in [1.807, 2.05) is 0 Å². The lowest BCUT2D eigenvalue weighted by molar-refractivity contribution is -0.387. The van der Waals surface area contributed by atoms with Crippen molar-refractivity contribution < 1.29 is 14.1 Å². The number of benzene rings is 1. The summed E-state index contributed by atoms with van der Waals surface area (Å²) in [6.45, 7) is 0. The van der Waals surface area contributed by atoms with Gasteiger partial charge in [-0.2, -0.15) is 4.39 Å². The molecule has 0 aliphatic heterocycles. The van der Waals surface area contributed by atoms with E-state index in [2.05, 4.69) is 5.32 Å². The molecule has 0 saturated heterocycles. The van der Waals surface area contributed by atoms with Crippen LogP contribution in [-0.2, 0) is 4.79 Å². The number of carbonyl (C=O) groups excluding carboxylic acids is 1. The fourth-order valence-corrected chi connectivity index (χ4v) is 1.21. The molecule has 1 rings (SSSR count). The zero-order valence-corrected chi connectivity index (χ0v) is 8.83. The minimum Gasteiger partial charge on any atom is -0.326 e. The van der Waals surface area contributed by atoms with Crippen molar-refractivity contribution in [3.05, 3.63) is 34.1 Å². The predicted octanol–water partition coefficient (Wildman–Crippen LogP) is 2.30. The van der Waals surface area contributed by atoms with Crippen molar-refractivity contribution >= 4 is 28.9 Å². The molecular weight excluding hydrogens is 239 g/mol. The molecular formula is C9H8ClFN2O3. The van der Waals surface area contributed by atoms with E-state index in [4.69, 9.17) is 11.6 Å². The second kappa shape index (κ2) is 5.41. The highest BCUT2D eigenvalue weighted by Gasteiger charge is 2.14. The Morgan fingerprint density at radius 3 is 2.81 bits per heavy atom. The van der Waals surface area contributed by atoms with Crippen molar-refractivity contribution in [2.45, 2.75) is 6.42 Å². The molecule has 0 atom stereocenters. The van der Waals surface area contributed by atoms with Crippen LogP contribution in [0.3, 0.4) is 0 Å². The number of carbonyl (C=O) groups is 1. The SMILES string of the molecule is O=C(CCCl)Nc1ccc(F)c([N+](=O)[O-])c1. The number of nitrogens with one attached hydrogen (secondary N) is 1. The third-order valence-electron chi connectivity index (χ3n) is 1.75. The number of halogens is 2. The normalized spacial score (nSPS) is 9.88. The number of hydrogen-bond donors (Lipinski definition) is 1. The summed E-state index contributed by atoms with van der Waals surface area (Å²) in [6, 6.07) is 3.13. The van der Waals surface area contributed by atoms with Crippen LogP contribution in [-0.4, -0.2) is 16.7 Å². The van der Waals surface area contributed by atoms with Crippen LogP contribution in [0.15, 0.2) is 18.2 Å². The van der Waals surface area contributed by atoms with Gasteiger partial charge in [-0.05, 0) is 12.1 Å². The molecule has 0 aliphatic rings. The van der Waals surface area contributed by atoms with Crippen LogP contribution in [0.1, 0.15) is 6.42 Å². The fraction of sp³-hybridized carbons (Fsp3) is 0.222. The Morgan fingerprint density at radius 2 is 2.25 bits per heavy atom. The quantitative estimate of drug-likeness (QED) is 0.503. The van der Waals surface area contributed by atoms with E-state index in [9.17, 15) is 19.3 Å². The number of hydrogen-bond acceptors (Lipinski definition) is 3. The first-order valence-corrected chi connectivity index (χ1v) is 4.88. The summed E-state index contributed by atoms with van der Waals surface area (Å²) in [4.78, 5) is 20.7. The monoisotopic (exact) mass is 246 g/mol. The summed E-state index contributed by atoms with van der Waals surface area (Å²) in [5.74, 6) is -1.17. The Hall–Kier alpha value is -1.69. The summed E-state index contributed by atoms with van der Waals surface area (Å²) >= 11 is 5.34. The molecule has 1 N–H and O–H groups in total. The molecule has 0 aliphatic carbocycles. The number of nitro benzene ring substituents is 1. The molecule has 1 aromatic rings. The van der Waals surface area contributed by atoms with Crippen LogP contribution in [0, 0.1) is 15.9 Å². The van der Waals surface area contributed by atoms with Gasteiger partial charge in [-0.15, -0.1) is 11.6 Å². The zero-order valence-electron chi connectivity index (χ0n) is 8.07. The van der Waals surface area contributed by atoms with Gasteiger partial charge >= 0.3 is 5.69 Å². The molecule has 1 aromatic carbocycles. The Balaban J connectivity index is 2.87. The van der Waals surface area contributed by atoms with Gasteiger partial charge in [-0.3, -0.25) is 14.9 Å². The first-order valence-electron chi connectivity index (χ1n) is 4.34. The average Bonchev–Trinajstić information content (AvgIpc) is 2.21. The number of anilines is 1. The third-order valence-corrected chi connectivity index (χ3v) is 1.94. The Labute approximate surface area is 95.4 Å². The van der Waals surface area contributed by atoms with E-state index >= 15 is 0 Å². The highest BCUT2D eigenvalue weighted by molar-refractivity contribution is 6.19. The zero-order chi connectivity index (χ0) is 12.1. The van der Waals surface area contributed by atoms with Gasteiger partial charge in [0.2, 0.25) is 11.7 Å². The molecule has 0 spiro atoms. The Morgan fingerprint density at radius 1 is 1.56 bits per heavy atom. The number of alkyl halides is 1. The van der Waals surface area contributed by atoms with Crippen molar-refractivity contribution in [1.29, 1.82) is 0 Å². The summed E-state index contributed by atoms with van der Waals surface area (Å²) in [6.07, 6.45) is 0.0900. The van der Waals surface area contributed by atoms with Crippen LogP contribution in [0.2, 0.25) is 0 Å². The molecule has 0 fully saturated rings. The van der Waals surface area contributed by atoms with E-state index in [0.29, 0.717) is 0 Å². The summed E-state index contributed by atoms with van der Waals surface area (Å²) in [5, 5.41) is 12.8. The van der Waals surface area contributed by atoms with Gasteiger partial charge in [-0.25, -0.2) is 0 Å². The highest BCUT2D eigenvalue weighted by Crippen LogP contribution is 2.21. The molecule has 0 bridgehead atoms. The molecule has 16 heavy (non-hydrogen) atoms. The van der Waals surface area contributed by atoms with Crippen LogP contribution in [0.5, 0.6) is 0 Å². The maximum Gasteiger partial charge on any atom is 0.306 e. The molecule has 5 nitrogen and oxygen atoms in total. The van der Waals surface area contributed by atoms with Crippen molar-refractivity contribution in [3.63, 3.8) is 0 Å². The molecule has 0 saturated carbocycles. The number of nitro groups is 1. The smallest absolute Gasteiger partial charge is 0.306 e. The average molecular weight is 247 g/mol. The molecule has 0 heterocycles. The van der Waals surface area contributed by atoms with Crippen molar-refractivity contribution in [2.24, 2.45) is 0 Å². The lowest BCUT2D eigenvalue weighted by Gasteiger charge is -2.03. The molecule has 1 amide bonds. The van der Waals surface area contributed by atoms with E-state index in [-0.39, 0.29) is 23.9 Å². The Bertz CT molecular complexity index is 425. The van der Waals surface area contributed by atoms with Gasteiger partial charge in [0.1, 0.15) is 0 Å². The van der Waals surface area contributed by atoms with E-state index < -0.39 is 16.4 Å². The lowest BCUT2D eigenvalue weighted by Crippen LogP contribution is -2.11. The topological polar surface area (TPSA) is 72.2 Å². The van der Waals surface area contributed by atoms with E-state index in [0.717, 1.165) is 12.1 Å². The minimum absolute atomic E-state index is 0.0900. The van der Waals surface area contributed by atoms with Crippen molar-refractivity contribution in [2.75, 3.05) is 11.2 Å². The second-order valence-electron chi connectivity index (χ2n) is 2.91. The van der Waals surface area contributed by atoms with Gasteiger partial charge in [0.15, 0.2) is 0 Å². The number of nitrogens with zero attached hydrogens (tertiary/aromatic N) is 1. The summed E-state index contributed by atoms with van der Waals surface area (Å²) in [5.41, 5.74) is -0.508. The van der Waals surface area contributed by atoms with Crippen molar-refractivity contribution in [1.82, 2.24) is 0 Å². The van der Waals surface area contributed by atoms with Crippen LogP contribution < -0.4 is 5.32 Å². The van der Waals surface area contributed by atoms with E-state index in [1.54, 1.807) is 0 Å². The third kappa shape index (κ3) is 3.16. The predicted molar refractivity (Wildman–Crippen MR) is 57.0 cm³/mol. The van der Waals surface area contributed by atoms with E-state index in [1.165, 1.54) is 6.07 Å². The largest absolute Gasteiger partial charge is 0.326 e. The molecule has 0 unspecified atom stereocenters. The van der Waals surface area contributed by atoms with Crippen molar-refractivity contribution in [3.8, 4) is 0 Å². The first-order chi connectivity index (χ1) is 7.54. The van der Waals surface area contributed by atoms with Crippen LogP contribution in [0.4, 0.5) is 15.8 Å². The fourth-order valence-electron chi connectivity index (χ4n) is 1.04. The van der Waals surface area contributed by atoms with Crippen LogP contribution in [0.25, 0.3) is 0 Å². The van der Waals surface area contributed by atoms with Gasteiger partial charge < -0.3 is 5.32 Å². The minimum atomic E-state index is -0.944. The Kier molecular flexibility index (Phi) is 4.19. The van der Waals surface area contributed by atoms with Crippen LogP contribution >= 0.6 is 11.6 Å². The number of rotatable bonds is 4. The lowest BCUT2D eigenvalue weighted by atomic mass is 10.2. The molecule has 7 heteroatoms. The van der Waals surface area contributed by atoms with Gasteiger partial charge in [0.25, 0.3) is 0 Å². The second-order valence-corrected chi connectivity index (χ2v) is 3.29. The summed E-state index contributed by atoms with van der Waals surface area (Å²) < 4.78 is 12.9. The standard InChI is InChI=1S/C9H8ClFN2O3/c10-4-3-9(14)12-6-1-2-7(11)8(5-6)13(15)16/h1-2,5H,3-4H2,(H,12,14). The maximum atomic E-state index is 12.9. The molecule has 86 valence electrons. The maximum absolute atomic E-state index is 12.9.